The molecule has 0 aromatic carbocycles. The van der Waals surface area contributed by atoms with E-state index in [1.54, 1.807) is 0 Å². The number of aliphatic hydroxyl groups is 2. The van der Waals surface area contributed by atoms with Crippen LogP contribution in [0.25, 0.3) is 0 Å². The summed E-state index contributed by atoms with van der Waals surface area (Å²) < 4.78 is 53.1. The van der Waals surface area contributed by atoms with Crippen LogP contribution in [0.15, 0.2) is 33.0 Å². The lowest BCUT2D eigenvalue weighted by molar-refractivity contribution is 0.0106. The van der Waals surface area contributed by atoms with E-state index in [1.165, 1.54) is 7.11 Å². The van der Waals surface area contributed by atoms with E-state index in [1.807, 2.05) is 0 Å². The van der Waals surface area contributed by atoms with E-state index >= 15 is 0 Å². The van der Waals surface area contributed by atoms with E-state index in [-0.39, 0.29) is 11.5 Å². The second-order valence-corrected chi connectivity index (χ2v) is 7.77. The fourth-order valence-electron chi connectivity index (χ4n) is 2.46. The van der Waals surface area contributed by atoms with Gasteiger partial charge in [0.1, 0.15) is 6.61 Å². The van der Waals surface area contributed by atoms with E-state index in [9.17, 15) is 24.2 Å². The summed E-state index contributed by atoms with van der Waals surface area (Å²) in [6.45, 7) is -1.42. The Morgan fingerprint density at radius 3 is 2.39 bits per heavy atom. The number of nitrogens with zero attached hydrogens (tertiary/aromatic N) is 2. The molecule has 2 rings (SSSR count). The first-order valence-electron chi connectivity index (χ1n) is 8.25. The lowest BCUT2D eigenvalue weighted by atomic mass is 10.3. The minimum absolute atomic E-state index is 0.273. The number of rotatable bonds is 11. The average molecular weight is 487 g/mol. The second-order valence-electron chi connectivity index (χ2n) is 5.65. The van der Waals surface area contributed by atoms with Crippen molar-refractivity contribution in [2.24, 2.45) is 21.5 Å². The van der Waals surface area contributed by atoms with Gasteiger partial charge in [0, 0.05) is 11.7 Å². The van der Waals surface area contributed by atoms with Crippen LogP contribution in [0.1, 0.15) is 0 Å². The van der Waals surface area contributed by atoms with Crippen molar-refractivity contribution in [1.82, 2.24) is 0 Å². The first-order valence-corrected chi connectivity index (χ1v) is 10.9. The van der Waals surface area contributed by atoms with E-state index in [0.717, 1.165) is 12.7 Å². The number of hydrogen-bond donors (Lipinski definition) is 6. The highest BCUT2D eigenvalue weighted by Gasteiger charge is 2.44. The first-order chi connectivity index (χ1) is 14.6. The Hall–Kier alpha value is -2.29. The standard InChI is InChI=1S/C13H20N4O12P2/c1-24-11-10(7(2-25-30(20)21)28-13(11)17-5-15)29-31(22,23)26-3-6-8(18)9(19)12(27-6)16-4-14/h4-5,9,11-13,19H,2-3H2,1H3,(H6-,14,15,16,17,18,20,21,22,23)/p+1. The Labute approximate surface area is 175 Å². The molecule has 0 aliphatic carbocycles. The van der Waals surface area contributed by atoms with Crippen LogP contribution in [0.4, 0.5) is 0 Å². The number of phosphoric ester groups is 1. The van der Waals surface area contributed by atoms with Gasteiger partial charge in [-0.15, -0.1) is 9.42 Å². The molecule has 2 aliphatic rings. The largest absolute Gasteiger partial charge is 0.695 e. The molecule has 6 unspecified atom stereocenters. The number of nitrogens with two attached hydrogens (primary N) is 2. The van der Waals surface area contributed by atoms with Crippen molar-refractivity contribution in [3.8, 4) is 0 Å². The van der Waals surface area contributed by atoms with Crippen molar-refractivity contribution in [3.63, 3.8) is 0 Å². The van der Waals surface area contributed by atoms with Crippen molar-refractivity contribution in [2.75, 3.05) is 20.3 Å². The van der Waals surface area contributed by atoms with Gasteiger partial charge in [-0.25, -0.2) is 14.5 Å². The van der Waals surface area contributed by atoms with Crippen LogP contribution in [-0.4, -0.2) is 77.7 Å². The molecule has 18 heteroatoms. The molecule has 0 spiro atoms. The van der Waals surface area contributed by atoms with Crippen LogP contribution < -0.4 is 11.5 Å². The zero-order chi connectivity index (χ0) is 23.2. The third-order valence-electron chi connectivity index (χ3n) is 3.75. The smallest absolute Gasteiger partial charge is 0.506 e. The molecule has 0 saturated heterocycles. The van der Waals surface area contributed by atoms with Crippen molar-refractivity contribution in [3.05, 3.63) is 23.0 Å². The van der Waals surface area contributed by atoms with Crippen molar-refractivity contribution in [2.45, 2.75) is 24.7 Å². The van der Waals surface area contributed by atoms with Crippen molar-refractivity contribution >= 4 is 28.8 Å². The minimum atomic E-state index is -4.92. The molecule has 31 heavy (non-hydrogen) atoms. The molecule has 0 bridgehead atoms. The van der Waals surface area contributed by atoms with Gasteiger partial charge in [0.05, 0.1) is 12.7 Å². The van der Waals surface area contributed by atoms with Crippen molar-refractivity contribution in [1.29, 1.82) is 0 Å². The topological polar surface area (TPSA) is 247 Å². The zero-order valence-corrected chi connectivity index (χ0v) is 17.7. The lowest BCUT2D eigenvalue weighted by Crippen LogP contribution is -2.26. The molecular weight excluding hydrogens is 466 g/mol. The Balaban J connectivity index is 2.14. The Bertz CT molecular complexity index is 846. The molecule has 174 valence electrons. The summed E-state index contributed by atoms with van der Waals surface area (Å²) in [5.74, 6) is -1.74. The highest BCUT2D eigenvalue weighted by Crippen LogP contribution is 2.49. The number of phosphoric acid groups is 1. The highest BCUT2D eigenvalue weighted by atomic mass is 31.2. The Kier molecular flexibility index (Phi) is 8.73. The lowest BCUT2D eigenvalue weighted by Gasteiger charge is -2.18. The molecule has 0 aromatic rings. The number of hydrogen-bond acceptors (Lipinski definition) is 12. The van der Waals surface area contributed by atoms with Gasteiger partial charge in [-0.2, -0.15) is 0 Å². The van der Waals surface area contributed by atoms with E-state index in [2.05, 4.69) is 14.5 Å². The van der Waals surface area contributed by atoms with Crippen LogP contribution >= 0.6 is 16.1 Å². The van der Waals surface area contributed by atoms with Gasteiger partial charge in [-0.1, -0.05) is 0 Å². The fraction of sp³-hybridized carbons (Fsp3) is 0.538. The average Bonchev–Trinajstić information content (AvgIpc) is 3.16. The van der Waals surface area contributed by atoms with Gasteiger partial charge in [-0.3, -0.25) is 9.42 Å². The molecular formula is C13H21N4O12P2+. The maximum Gasteiger partial charge on any atom is 0.695 e. The number of methoxy groups -OCH3 is 1. The van der Waals surface area contributed by atoms with Gasteiger partial charge in [0.15, 0.2) is 41.9 Å². The third kappa shape index (κ3) is 6.35. The maximum atomic E-state index is 12.4. The fourth-order valence-corrected chi connectivity index (χ4v) is 3.47. The number of aliphatic imine (C=N–C) groups is 2. The minimum Gasteiger partial charge on any atom is -0.506 e. The number of ether oxygens (including phenoxy) is 3. The maximum absolute atomic E-state index is 12.4. The summed E-state index contributed by atoms with van der Waals surface area (Å²) in [5, 5.41) is 19.6. The summed E-state index contributed by atoms with van der Waals surface area (Å²) in [6, 6.07) is 0. The van der Waals surface area contributed by atoms with Crippen LogP contribution in [-0.2, 0) is 36.9 Å². The molecule has 2 heterocycles. The van der Waals surface area contributed by atoms with Gasteiger partial charge in [0.2, 0.25) is 12.5 Å². The molecule has 0 radical (unpaired) electrons. The SMILES string of the molecule is COC1C(OP(=O)(O)OCC2=C(O)C(O)C(N=CN)O2)=C(CO[P+](=O)O)OC1N=CN. The molecule has 2 aliphatic heterocycles. The number of aliphatic hydroxyl groups excluding tert-OH is 2. The molecule has 0 aromatic heterocycles. The van der Waals surface area contributed by atoms with Gasteiger partial charge < -0.3 is 40.4 Å². The quantitative estimate of drug-likeness (QED) is 0.114. The van der Waals surface area contributed by atoms with Crippen LogP contribution in [0.5, 0.6) is 0 Å². The van der Waals surface area contributed by atoms with Gasteiger partial charge >= 0.3 is 16.1 Å². The molecule has 8 N–H and O–H groups in total. The van der Waals surface area contributed by atoms with E-state index in [0.29, 0.717) is 0 Å². The second kappa shape index (κ2) is 10.8. The van der Waals surface area contributed by atoms with E-state index in [4.69, 9.17) is 39.6 Å². The molecule has 16 nitrogen and oxygen atoms in total. The zero-order valence-electron chi connectivity index (χ0n) is 15.9. The highest BCUT2D eigenvalue weighted by molar-refractivity contribution is 7.47. The molecule has 0 fully saturated rings. The molecule has 0 saturated carbocycles. The van der Waals surface area contributed by atoms with Crippen molar-refractivity contribution < 1.29 is 56.9 Å². The summed E-state index contributed by atoms with van der Waals surface area (Å²) >= 11 is 0. The molecule has 0 amide bonds. The monoisotopic (exact) mass is 487 g/mol. The van der Waals surface area contributed by atoms with Crippen LogP contribution in [0.3, 0.4) is 0 Å². The van der Waals surface area contributed by atoms with Crippen LogP contribution in [0, 0.1) is 0 Å². The van der Waals surface area contributed by atoms with E-state index < -0.39 is 65.5 Å². The summed E-state index contributed by atoms with van der Waals surface area (Å²) in [4.78, 5) is 26.2. The summed E-state index contributed by atoms with van der Waals surface area (Å²) in [6.07, 6.45) is -3.41. The normalized spacial score (nSPS) is 28.8. The predicted molar refractivity (Wildman–Crippen MR) is 101 cm³/mol. The van der Waals surface area contributed by atoms with Gasteiger partial charge in [-0.05, 0) is 0 Å². The third-order valence-corrected chi connectivity index (χ3v) is 4.99. The van der Waals surface area contributed by atoms with Gasteiger partial charge in [0.25, 0.3) is 0 Å². The van der Waals surface area contributed by atoms with Crippen LogP contribution in [0.2, 0.25) is 0 Å². The Morgan fingerprint density at radius 2 is 1.81 bits per heavy atom. The first kappa shape index (κ1) is 25.0. The predicted octanol–water partition coefficient (Wildman–Crippen LogP) is -1.17. The summed E-state index contributed by atoms with van der Waals surface area (Å²) in [5.41, 5.74) is 10.3. The Morgan fingerprint density at radius 1 is 1.19 bits per heavy atom. The molecule has 6 atom stereocenters. The summed E-state index contributed by atoms with van der Waals surface area (Å²) in [7, 11) is -6.73.